The first-order chi connectivity index (χ1) is 18.4. The number of aromatic nitrogens is 3. The quantitative estimate of drug-likeness (QED) is 0.230. The number of nitrogens with zero attached hydrogens (tertiary/aromatic N) is 4. The van der Waals surface area contributed by atoms with Gasteiger partial charge in [0.1, 0.15) is 17.3 Å². The first-order valence-corrected chi connectivity index (χ1v) is 12.5. The van der Waals surface area contributed by atoms with Crippen molar-refractivity contribution in [3.63, 3.8) is 0 Å². The van der Waals surface area contributed by atoms with Gasteiger partial charge in [0.2, 0.25) is 5.69 Å². The van der Waals surface area contributed by atoms with Crippen molar-refractivity contribution in [2.75, 3.05) is 0 Å². The molecule has 0 saturated carbocycles. The average molecular weight is 495 g/mol. The summed E-state index contributed by atoms with van der Waals surface area (Å²) in [5, 5.41) is 2.06. The summed E-state index contributed by atoms with van der Waals surface area (Å²) < 4.78 is 8.52. The van der Waals surface area contributed by atoms with Gasteiger partial charge in [0.05, 0.1) is 23.3 Å². The fourth-order valence-corrected chi connectivity index (χ4v) is 4.79. The third-order valence-electron chi connectivity index (χ3n) is 6.74. The van der Waals surface area contributed by atoms with E-state index in [-0.39, 0.29) is 5.41 Å². The van der Waals surface area contributed by atoms with Crippen LogP contribution in [0, 0.1) is 6.57 Å². The van der Waals surface area contributed by atoms with Crippen molar-refractivity contribution in [2.24, 2.45) is 0 Å². The lowest BCUT2D eigenvalue weighted by molar-refractivity contribution is 0.486. The van der Waals surface area contributed by atoms with Crippen LogP contribution in [-0.4, -0.2) is 14.5 Å². The van der Waals surface area contributed by atoms with E-state index in [1.54, 1.807) is 6.20 Å². The molecule has 0 atom stereocenters. The molecule has 0 amide bonds. The van der Waals surface area contributed by atoms with Gasteiger partial charge in [0, 0.05) is 23.3 Å². The average Bonchev–Trinajstić information content (AvgIpc) is 3.26. The number of hydrogen-bond acceptors (Lipinski definition) is 3. The first-order valence-electron chi connectivity index (χ1n) is 12.5. The number of hydrogen-bond donors (Lipinski definition) is 0. The van der Waals surface area contributed by atoms with Crippen LogP contribution < -0.4 is 4.74 Å². The molecule has 5 heteroatoms. The zero-order valence-corrected chi connectivity index (χ0v) is 21.5. The van der Waals surface area contributed by atoms with Gasteiger partial charge in [0.15, 0.2) is 0 Å². The Morgan fingerprint density at radius 1 is 0.763 bits per heavy atom. The Kier molecular flexibility index (Phi) is 5.66. The molecule has 0 aliphatic rings. The summed E-state index contributed by atoms with van der Waals surface area (Å²) in [7, 11) is 0. The van der Waals surface area contributed by atoms with Crippen LogP contribution >= 0.6 is 0 Å². The van der Waals surface area contributed by atoms with Crippen LogP contribution in [0.2, 0.25) is 0 Å². The molecule has 0 aliphatic carbocycles. The van der Waals surface area contributed by atoms with Crippen LogP contribution in [-0.2, 0) is 5.41 Å². The summed E-state index contributed by atoms with van der Waals surface area (Å²) in [6.45, 7) is 14.5. The highest BCUT2D eigenvalue weighted by Crippen LogP contribution is 2.41. The molecule has 0 bridgehead atoms. The van der Waals surface area contributed by atoms with E-state index in [0.717, 1.165) is 38.9 Å². The monoisotopic (exact) mass is 494 g/mol. The smallest absolute Gasteiger partial charge is 0.229 e. The van der Waals surface area contributed by atoms with Gasteiger partial charge < -0.3 is 4.74 Å². The number of pyridine rings is 2. The summed E-state index contributed by atoms with van der Waals surface area (Å²) >= 11 is 0. The van der Waals surface area contributed by atoms with Crippen LogP contribution in [0.25, 0.3) is 43.7 Å². The number of benzene rings is 3. The second-order valence-electron chi connectivity index (χ2n) is 10.3. The SMILES string of the molecule is [C-]#[N+]c1cc2c3ccccc3n(-c3cc(C(C)(C)C)ccn3)c2cc1Oc1cccc(-c2ccccn2)c1. The molecule has 0 unspecified atom stereocenters. The molecule has 5 nitrogen and oxygen atoms in total. The van der Waals surface area contributed by atoms with Crippen LogP contribution in [0.1, 0.15) is 26.3 Å². The largest absolute Gasteiger partial charge is 0.468 e. The minimum Gasteiger partial charge on any atom is -0.468 e. The van der Waals surface area contributed by atoms with Gasteiger partial charge in [-0.05, 0) is 71.0 Å². The van der Waals surface area contributed by atoms with Crippen LogP contribution in [0.4, 0.5) is 5.69 Å². The van der Waals surface area contributed by atoms with Crippen molar-refractivity contribution >= 4 is 27.5 Å². The zero-order chi connectivity index (χ0) is 26.3. The van der Waals surface area contributed by atoms with Crippen molar-refractivity contribution in [1.29, 1.82) is 0 Å². The lowest BCUT2D eigenvalue weighted by atomic mass is 9.88. The fraction of sp³-hybridized carbons (Fsp3) is 0.121. The molecule has 0 spiro atoms. The zero-order valence-electron chi connectivity index (χ0n) is 21.5. The Morgan fingerprint density at radius 3 is 2.39 bits per heavy atom. The van der Waals surface area contributed by atoms with E-state index >= 15 is 0 Å². The van der Waals surface area contributed by atoms with Crippen molar-refractivity contribution in [3.8, 4) is 28.6 Å². The second-order valence-corrected chi connectivity index (χ2v) is 10.3. The predicted octanol–water partition coefficient (Wildman–Crippen LogP) is 8.88. The number of rotatable bonds is 4. The molecular formula is C33H26N4O. The first kappa shape index (κ1) is 23.4. The fourth-order valence-electron chi connectivity index (χ4n) is 4.79. The Morgan fingerprint density at radius 2 is 1.61 bits per heavy atom. The van der Waals surface area contributed by atoms with E-state index in [1.165, 1.54) is 5.56 Å². The predicted molar refractivity (Wildman–Crippen MR) is 153 cm³/mol. The summed E-state index contributed by atoms with van der Waals surface area (Å²) in [6.07, 6.45) is 3.64. The molecule has 0 aliphatic heterocycles. The van der Waals surface area contributed by atoms with Gasteiger partial charge in [-0.1, -0.05) is 57.2 Å². The minimum absolute atomic E-state index is 0.0133. The lowest BCUT2D eigenvalue weighted by Gasteiger charge is -2.20. The van der Waals surface area contributed by atoms with E-state index in [9.17, 15) is 0 Å². The van der Waals surface area contributed by atoms with Gasteiger partial charge in [-0.3, -0.25) is 9.55 Å². The van der Waals surface area contributed by atoms with Crippen molar-refractivity contribution in [3.05, 3.63) is 120 Å². The summed E-state index contributed by atoms with van der Waals surface area (Å²) in [5.74, 6) is 1.98. The highest BCUT2D eigenvalue weighted by molar-refractivity contribution is 6.11. The lowest BCUT2D eigenvalue weighted by Crippen LogP contribution is -2.12. The van der Waals surface area contributed by atoms with Gasteiger partial charge in [-0.25, -0.2) is 9.83 Å². The minimum atomic E-state index is -0.0133. The molecule has 0 saturated heterocycles. The standard InChI is InChI=1S/C33H26N4O/c1-33(2,3)23-15-17-36-32(19-23)37-29-14-6-5-12-25(29)26-20-28(34-4)31(21-30(26)37)38-24-11-9-10-22(18-24)27-13-7-8-16-35-27/h5-21H,1-3H3. The van der Waals surface area contributed by atoms with Crippen LogP contribution in [0.3, 0.4) is 0 Å². The van der Waals surface area contributed by atoms with Crippen LogP contribution in [0.5, 0.6) is 11.5 Å². The molecular weight excluding hydrogens is 468 g/mol. The highest BCUT2D eigenvalue weighted by Gasteiger charge is 2.19. The van der Waals surface area contributed by atoms with E-state index in [0.29, 0.717) is 17.2 Å². The Balaban J connectivity index is 1.53. The Labute approximate surface area is 221 Å². The molecule has 0 radical (unpaired) electrons. The third-order valence-corrected chi connectivity index (χ3v) is 6.74. The van der Waals surface area contributed by atoms with Crippen molar-refractivity contribution in [1.82, 2.24) is 14.5 Å². The summed E-state index contributed by atoms with van der Waals surface area (Å²) in [5.41, 5.74) is 5.43. The summed E-state index contributed by atoms with van der Waals surface area (Å²) in [6, 6.07) is 29.9. The van der Waals surface area contributed by atoms with E-state index in [1.807, 2.05) is 72.9 Å². The maximum absolute atomic E-state index is 7.89. The second kappa shape index (κ2) is 9.17. The van der Waals surface area contributed by atoms with Crippen molar-refractivity contribution < 1.29 is 4.74 Å². The molecule has 3 aromatic carbocycles. The number of para-hydroxylation sites is 1. The molecule has 3 heterocycles. The highest BCUT2D eigenvalue weighted by atomic mass is 16.5. The maximum atomic E-state index is 7.89. The molecule has 38 heavy (non-hydrogen) atoms. The van der Waals surface area contributed by atoms with Gasteiger partial charge in [-0.2, -0.15) is 0 Å². The van der Waals surface area contributed by atoms with E-state index in [4.69, 9.17) is 16.3 Å². The van der Waals surface area contributed by atoms with Gasteiger partial charge in [0.25, 0.3) is 0 Å². The van der Waals surface area contributed by atoms with E-state index in [2.05, 4.69) is 59.4 Å². The molecule has 0 fully saturated rings. The molecule has 184 valence electrons. The molecule has 0 N–H and O–H groups in total. The maximum Gasteiger partial charge on any atom is 0.229 e. The van der Waals surface area contributed by atoms with E-state index < -0.39 is 0 Å². The topological polar surface area (TPSA) is 44.3 Å². The Hall–Kier alpha value is -4.95. The van der Waals surface area contributed by atoms with Crippen LogP contribution in [0.15, 0.2) is 103 Å². The van der Waals surface area contributed by atoms with Gasteiger partial charge in [-0.15, -0.1) is 0 Å². The van der Waals surface area contributed by atoms with Crippen molar-refractivity contribution in [2.45, 2.75) is 26.2 Å². The third kappa shape index (κ3) is 4.16. The molecule has 6 aromatic rings. The van der Waals surface area contributed by atoms with Gasteiger partial charge >= 0.3 is 0 Å². The normalized spacial score (nSPS) is 11.5. The molecule has 6 rings (SSSR count). The number of ether oxygens (including phenoxy) is 1. The molecule has 3 aromatic heterocycles. The Bertz CT molecular complexity index is 1840. The summed E-state index contributed by atoms with van der Waals surface area (Å²) in [4.78, 5) is 13.0. The number of fused-ring (bicyclic) bond motifs is 3.